The van der Waals surface area contributed by atoms with Gasteiger partial charge in [-0.3, -0.25) is 0 Å². The predicted molar refractivity (Wildman–Crippen MR) is 120 cm³/mol. The number of ether oxygens (including phenoxy) is 2. The summed E-state index contributed by atoms with van der Waals surface area (Å²) in [7, 11) is 3.29. The molecular formula is C23H25N5O2. The average Bonchev–Trinajstić information content (AvgIpc) is 3.15. The van der Waals surface area contributed by atoms with E-state index < -0.39 is 0 Å². The van der Waals surface area contributed by atoms with Gasteiger partial charge in [0.2, 0.25) is 0 Å². The van der Waals surface area contributed by atoms with Crippen LogP contribution in [0.4, 0.5) is 11.5 Å². The second-order valence-corrected chi connectivity index (χ2v) is 7.61. The molecule has 0 aliphatic carbocycles. The predicted octanol–water partition coefficient (Wildman–Crippen LogP) is 3.76. The molecule has 1 N–H and O–H groups in total. The van der Waals surface area contributed by atoms with E-state index in [4.69, 9.17) is 9.47 Å². The Labute approximate surface area is 175 Å². The number of H-pyrrole nitrogens is 1. The molecule has 7 heteroatoms. The third-order valence-corrected chi connectivity index (χ3v) is 5.81. The Morgan fingerprint density at radius 3 is 2.37 bits per heavy atom. The molecule has 2 aromatic carbocycles. The van der Waals surface area contributed by atoms with E-state index >= 15 is 0 Å². The van der Waals surface area contributed by atoms with Gasteiger partial charge in [-0.15, -0.1) is 0 Å². The van der Waals surface area contributed by atoms with Crippen LogP contribution in [0.25, 0.3) is 21.9 Å². The quantitative estimate of drug-likeness (QED) is 0.560. The Bertz CT molecular complexity index is 1210. The van der Waals surface area contributed by atoms with Crippen LogP contribution in [0.2, 0.25) is 0 Å². The lowest BCUT2D eigenvalue weighted by atomic mass is 10.2. The van der Waals surface area contributed by atoms with Crippen LogP contribution in [-0.2, 0) is 0 Å². The molecule has 1 aliphatic rings. The summed E-state index contributed by atoms with van der Waals surface area (Å²) in [4.78, 5) is 17.4. The lowest BCUT2D eigenvalue weighted by Gasteiger charge is -2.36. The van der Waals surface area contributed by atoms with Crippen molar-refractivity contribution < 1.29 is 9.47 Å². The Kier molecular flexibility index (Phi) is 4.58. The number of methoxy groups -OCH3 is 2. The first-order valence-electron chi connectivity index (χ1n) is 10.1. The van der Waals surface area contributed by atoms with Gasteiger partial charge in [0, 0.05) is 43.3 Å². The second-order valence-electron chi connectivity index (χ2n) is 7.61. The number of benzene rings is 2. The van der Waals surface area contributed by atoms with Crippen LogP contribution in [0.15, 0.2) is 42.7 Å². The highest BCUT2D eigenvalue weighted by molar-refractivity contribution is 6.09. The molecule has 2 aromatic heterocycles. The van der Waals surface area contributed by atoms with Crippen LogP contribution < -0.4 is 19.3 Å². The first-order valence-corrected chi connectivity index (χ1v) is 10.1. The van der Waals surface area contributed by atoms with Crippen molar-refractivity contribution in [1.29, 1.82) is 0 Å². The molecule has 4 aromatic rings. The van der Waals surface area contributed by atoms with Gasteiger partial charge in [0.1, 0.15) is 17.4 Å². The maximum Gasteiger partial charge on any atom is 0.162 e. The Hall–Kier alpha value is -3.48. The largest absolute Gasteiger partial charge is 0.493 e. The number of rotatable bonds is 4. The van der Waals surface area contributed by atoms with Crippen molar-refractivity contribution in [1.82, 2.24) is 15.0 Å². The molecule has 0 spiro atoms. The molecule has 0 bridgehead atoms. The van der Waals surface area contributed by atoms with E-state index in [1.165, 1.54) is 11.3 Å². The van der Waals surface area contributed by atoms with Crippen LogP contribution in [-0.4, -0.2) is 55.4 Å². The summed E-state index contributed by atoms with van der Waals surface area (Å²) >= 11 is 0. The number of aromatic nitrogens is 3. The number of fused-ring (bicyclic) bond motifs is 3. The van der Waals surface area contributed by atoms with Crippen molar-refractivity contribution in [3.63, 3.8) is 0 Å². The number of hydrogen-bond acceptors (Lipinski definition) is 6. The molecule has 1 fully saturated rings. The van der Waals surface area contributed by atoms with E-state index in [1.807, 2.05) is 12.1 Å². The topological polar surface area (TPSA) is 66.5 Å². The minimum Gasteiger partial charge on any atom is -0.493 e. The molecule has 0 unspecified atom stereocenters. The second kappa shape index (κ2) is 7.40. The van der Waals surface area contributed by atoms with Gasteiger partial charge < -0.3 is 24.3 Å². The van der Waals surface area contributed by atoms with Crippen molar-refractivity contribution in [2.75, 3.05) is 50.2 Å². The first-order chi connectivity index (χ1) is 14.7. The molecule has 1 saturated heterocycles. The van der Waals surface area contributed by atoms with E-state index in [9.17, 15) is 0 Å². The van der Waals surface area contributed by atoms with E-state index in [0.29, 0.717) is 11.5 Å². The highest BCUT2D eigenvalue weighted by Gasteiger charge is 2.22. The van der Waals surface area contributed by atoms with E-state index in [0.717, 1.165) is 53.9 Å². The zero-order chi connectivity index (χ0) is 20.7. The first kappa shape index (κ1) is 18.5. The minimum atomic E-state index is 0.692. The number of aromatic amines is 1. The van der Waals surface area contributed by atoms with Gasteiger partial charge in [-0.05, 0) is 30.7 Å². The lowest BCUT2D eigenvalue weighted by Crippen LogP contribution is -2.47. The van der Waals surface area contributed by atoms with E-state index in [-0.39, 0.29) is 0 Å². The van der Waals surface area contributed by atoms with E-state index in [1.54, 1.807) is 20.5 Å². The molecule has 7 nitrogen and oxygen atoms in total. The van der Waals surface area contributed by atoms with Crippen LogP contribution in [0, 0.1) is 6.92 Å². The summed E-state index contributed by atoms with van der Waals surface area (Å²) < 4.78 is 10.9. The fourth-order valence-electron chi connectivity index (χ4n) is 4.25. The van der Waals surface area contributed by atoms with Gasteiger partial charge in [0.25, 0.3) is 0 Å². The number of piperazine rings is 1. The number of nitrogens with zero attached hydrogens (tertiary/aromatic N) is 4. The van der Waals surface area contributed by atoms with Crippen molar-refractivity contribution in [3.8, 4) is 11.5 Å². The van der Waals surface area contributed by atoms with Crippen molar-refractivity contribution in [2.24, 2.45) is 0 Å². The highest BCUT2D eigenvalue weighted by Crippen LogP contribution is 2.37. The smallest absolute Gasteiger partial charge is 0.162 e. The molecular weight excluding hydrogens is 378 g/mol. The summed E-state index contributed by atoms with van der Waals surface area (Å²) in [6.45, 7) is 5.86. The molecule has 5 rings (SSSR count). The molecule has 1 aliphatic heterocycles. The Balaban J connectivity index is 1.48. The number of nitrogens with one attached hydrogen (secondary N) is 1. The van der Waals surface area contributed by atoms with E-state index in [2.05, 4.69) is 55.9 Å². The van der Waals surface area contributed by atoms with Crippen molar-refractivity contribution in [2.45, 2.75) is 6.92 Å². The standard InChI is InChI=1S/C23H25N5O2/c1-15-5-4-6-16(11-15)27-7-9-28(10-8-27)23-22-21(24-14-25-23)17-12-19(29-2)20(30-3)13-18(17)26-22/h4-6,11-14,26H,7-10H2,1-3H3. The van der Waals surface area contributed by atoms with Crippen molar-refractivity contribution in [3.05, 3.63) is 48.3 Å². The maximum absolute atomic E-state index is 5.47. The maximum atomic E-state index is 5.47. The molecule has 3 heterocycles. The summed E-state index contributed by atoms with van der Waals surface area (Å²) in [5.41, 5.74) is 5.38. The zero-order valence-electron chi connectivity index (χ0n) is 17.5. The fraction of sp³-hybridized carbons (Fsp3) is 0.304. The molecule has 0 saturated carbocycles. The molecule has 0 atom stereocenters. The summed E-state index contributed by atoms with van der Waals surface area (Å²) in [6.07, 6.45) is 1.65. The SMILES string of the molecule is COc1cc2[nH]c3c(N4CCN(c5cccc(C)c5)CC4)ncnc3c2cc1OC. The average molecular weight is 403 g/mol. The monoisotopic (exact) mass is 403 g/mol. The summed E-state index contributed by atoms with van der Waals surface area (Å²) in [6, 6.07) is 12.6. The van der Waals surface area contributed by atoms with Gasteiger partial charge in [0.05, 0.1) is 19.7 Å². The third-order valence-electron chi connectivity index (χ3n) is 5.81. The highest BCUT2D eigenvalue weighted by atomic mass is 16.5. The number of hydrogen-bond donors (Lipinski definition) is 1. The lowest BCUT2D eigenvalue weighted by molar-refractivity contribution is 0.356. The third kappa shape index (κ3) is 3.07. The zero-order valence-corrected chi connectivity index (χ0v) is 17.5. The summed E-state index contributed by atoms with van der Waals surface area (Å²) in [5, 5.41) is 1.00. The Morgan fingerprint density at radius 1 is 0.900 bits per heavy atom. The van der Waals surface area contributed by atoms with Gasteiger partial charge >= 0.3 is 0 Å². The number of anilines is 2. The molecule has 154 valence electrons. The van der Waals surface area contributed by atoms with Crippen LogP contribution in [0.5, 0.6) is 11.5 Å². The van der Waals surface area contributed by atoms with Crippen molar-refractivity contribution >= 4 is 33.4 Å². The van der Waals surface area contributed by atoms with Crippen LogP contribution in [0.1, 0.15) is 5.56 Å². The van der Waals surface area contributed by atoms with Crippen LogP contribution in [0.3, 0.4) is 0 Å². The van der Waals surface area contributed by atoms with Gasteiger partial charge in [-0.25, -0.2) is 9.97 Å². The summed E-state index contributed by atoms with van der Waals surface area (Å²) in [5.74, 6) is 2.33. The molecule has 30 heavy (non-hydrogen) atoms. The molecule has 0 amide bonds. The Morgan fingerprint density at radius 2 is 1.63 bits per heavy atom. The molecule has 0 radical (unpaired) electrons. The van der Waals surface area contributed by atoms with Gasteiger partial charge in [-0.2, -0.15) is 0 Å². The number of aryl methyl sites for hydroxylation is 1. The van der Waals surface area contributed by atoms with Gasteiger partial charge in [0.15, 0.2) is 17.3 Å². The normalized spacial score (nSPS) is 14.5. The minimum absolute atomic E-state index is 0.692. The fourth-order valence-corrected chi connectivity index (χ4v) is 4.25. The van der Waals surface area contributed by atoms with Crippen LogP contribution >= 0.6 is 0 Å². The van der Waals surface area contributed by atoms with Gasteiger partial charge in [-0.1, -0.05) is 12.1 Å².